The van der Waals surface area contributed by atoms with E-state index >= 15 is 0 Å². The molecule has 1 aromatic rings. The van der Waals surface area contributed by atoms with E-state index in [2.05, 4.69) is 5.32 Å². The Labute approximate surface area is 106 Å². The molecule has 0 aliphatic rings. The van der Waals surface area contributed by atoms with Crippen molar-refractivity contribution in [3.8, 4) is 0 Å². The summed E-state index contributed by atoms with van der Waals surface area (Å²) in [5, 5.41) is 2.48. The second kappa shape index (κ2) is 5.22. The molecular weight excluding hydrogens is 260 g/mol. The third kappa shape index (κ3) is 3.41. The van der Waals surface area contributed by atoms with Crippen LogP contribution in [0.3, 0.4) is 0 Å². The molecule has 0 heterocycles. The monoisotopic (exact) mass is 277 g/mol. The molecule has 0 unspecified atom stereocenters. The Bertz CT molecular complexity index is 501. The van der Waals surface area contributed by atoms with E-state index in [4.69, 9.17) is 0 Å². The molecule has 102 valence electrons. The first-order chi connectivity index (χ1) is 8.15. The lowest BCUT2D eigenvalue weighted by Gasteiger charge is -2.19. The maximum atomic E-state index is 13.3. The van der Waals surface area contributed by atoms with Crippen LogP contribution in [0.1, 0.15) is 20.8 Å². The number of hydrogen-bond donors (Lipinski definition) is 1. The highest BCUT2D eigenvalue weighted by atomic mass is 32.2. The molecule has 0 aromatic heterocycles. The lowest BCUT2D eigenvalue weighted by molar-refractivity contribution is 0.559. The fraction of sp³-hybridized carbons (Fsp3) is 0.500. The molecule has 0 atom stereocenters. The highest BCUT2D eigenvalue weighted by molar-refractivity contribution is 7.92. The largest absolute Gasteiger partial charge is 0.379 e. The molecule has 6 heteroatoms. The highest BCUT2D eigenvalue weighted by Gasteiger charge is 2.28. The molecule has 0 spiro atoms. The molecule has 0 fully saturated rings. The number of anilines is 1. The minimum Gasteiger partial charge on any atom is -0.379 e. The fourth-order valence-electron chi connectivity index (χ4n) is 1.28. The van der Waals surface area contributed by atoms with Crippen LogP contribution in [0.15, 0.2) is 18.2 Å². The molecule has 0 aliphatic heterocycles. The van der Waals surface area contributed by atoms with Crippen molar-refractivity contribution in [2.75, 3.05) is 17.6 Å². The van der Waals surface area contributed by atoms with E-state index < -0.39 is 26.2 Å². The number of para-hydroxylation sites is 1. The van der Waals surface area contributed by atoms with Crippen molar-refractivity contribution in [1.82, 2.24) is 0 Å². The molecule has 0 aliphatic carbocycles. The third-order valence-corrected chi connectivity index (χ3v) is 5.18. The standard InChI is InChI=1S/C12H17F2NO2S/c1-12(2,3)18(16,17)8-7-15-11-9(13)5-4-6-10(11)14/h4-6,15H,7-8H2,1-3H3. The predicted molar refractivity (Wildman–Crippen MR) is 68.4 cm³/mol. The summed E-state index contributed by atoms with van der Waals surface area (Å²) in [5.74, 6) is -1.64. The minimum absolute atomic E-state index is 0.0303. The van der Waals surface area contributed by atoms with Crippen LogP contribution in [0.2, 0.25) is 0 Å². The molecule has 1 N–H and O–H groups in total. The van der Waals surface area contributed by atoms with Gasteiger partial charge in [-0.15, -0.1) is 0 Å². The van der Waals surface area contributed by atoms with Gasteiger partial charge in [-0.05, 0) is 32.9 Å². The molecule has 1 rings (SSSR count). The van der Waals surface area contributed by atoms with E-state index in [0.717, 1.165) is 12.1 Å². The summed E-state index contributed by atoms with van der Waals surface area (Å²) < 4.78 is 49.2. The summed E-state index contributed by atoms with van der Waals surface area (Å²) in [6.07, 6.45) is 0. The van der Waals surface area contributed by atoms with Gasteiger partial charge in [0.15, 0.2) is 9.84 Å². The highest BCUT2D eigenvalue weighted by Crippen LogP contribution is 2.19. The van der Waals surface area contributed by atoms with Crippen molar-refractivity contribution in [2.24, 2.45) is 0 Å². The summed E-state index contributed by atoms with van der Waals surface area (Å²) >= 11 is 0. The van der Waals surface area contributed by atoms with Gasteiger partial charge in [0.2, 0.25) is 0 Å². The Morgan fingerprint density at radius 1 is 1.17 bits per heavy atom. The normalized spacial score (nSPS) is 12.5. The van der Waals surface area contributed by atoms with Crippen molar-refractivity contribution in [3.63, 3.8) is 0 Å². The lowest BCUT2D eigenvalue weighted by atomic mass is 10.3. The molecule has 3 nitrogen and oxygen atoms in total. The molecule has 0 saturated heterocycles. The van der Waals surface area contributed by atoms with Crippen LogP contribution in [-0.4, -0.2) is 25.5 Å². The molecule has 18 heavy (non-hydrogen) atoms. The Hall–Kier alpha value is -1.17. The molecule has 0 amide bonds. The Balaban J connectivity index is 2.69. The molecular formula is C12H17F2NO2S. The first kappa shape index (κ1) is 14.9. The Morgan fingerprint density at radius 2 is 1.67 bits per heavy atom. The maximum absolute atomic E-state index is 13.3. The van der Waals surface area contributed by atoms with Gasteiger partial charge in [-0.1, -0.05) is 6.07 Å². The van der Waals surface area contributed by atoms with Crippen LogP contribution >= 0.6 is 0 Å². The topological polar surface area (TPSA) is 46.2 Å². The van der Waals surface area contributed by atoms with Crippen LogP contribution in [0.4, 0.5) is 14.5 Å². The van der Waals surface area contributed by atoms with Gasteiger partial charge in [0.05, 0.1) is 10.5 Å². The molecule has 0 bridgehead atoms. The number of rotatable bonds is 4. The zero-order valence-electron chi connectivity index (χ0n) is 10.6. The number of halogens is 2. The average molecular weight is 277 g/mol. The second-order valence-corrected chi connectivity index (χ2v) is 7.82. The SMILES string of the molecule is CC(C)(C)S(=O)(=O)CCNc1c(F)cccc1F. The van der Waals surface area contributed by atoms with E-state index in [1.54, 1.807) is 20.8 Å². The summed E-state index contributed by atoms with van der Waals surface area (Å²) in [5.41, 5.74) is -0.290. The van der Waals surface area contributed by atoms with Gasteiger partial charge >= 0.3 is 0 Å². The van der Waals surface area contributed by atoms with Crippen LogP contribution < -0.4 is 5.32 Å². The van der Waals surface area contributed by atoms with Crippen LogP contribution in [-0.2, 0) is 9.84 Å². The van der Waals surface area contributed by atoms with Crippen molar-refractivity contribution >= 4 is 15.5 Å². The summed E-state index contributed by atoms with van der Waals surface area (Å²) in [7, 11) is -3.30. The smallest absolute Gasteiger partial charge is 0.156 e. The van der Waals surface area contributed by atoms with E-state index in [0.29, 0.717) is 0 Å². The van der Waals surface area contributed by atoms with Crippen molar-refractivity contribution in [3.05, 3.63) is 29.8 Å². The van der Waals surface area contributed by atoms with Gasteiger partial charge in [-0.25, -0.2) is 17.2 Å². The van der Waals surface area contributed by atoms with E-state index in [9.17, 15) is 17.2 Å². The lowest BCUT2D eigenvalue weighted by Crippen LogP contribution is -2.33. The predicted octanol–water partition coefficient (Wildman–Crippen LogP) is 2.59. The zero-order chi connectivity index (χ0) is 14.0. The first-order valence-electron chi connectivity index (χ1n) is 5.55. The third-order valence-electron chi connectivity index (χ3n) is 2.57. The van der Waals surface area contributed by atoms with Gasteiger partial charge < -0.3 is 5.32 Å². The Morgan fingerprint density at radius 3 is 2.11 bits per heavy atom. The minimum atomic E-state index is -3.30. The van der Waals surface area contributed by atoms with Gasteiger partial charge in [0.25, 0.3) is 0 Å². The Kier molecular flexibility index (Phi) is 4.32. The van der Waals surface area contributed by atoms with Crippen molar-refractivity contribution < 1.29 is 17.2 Å². The van der Waals surface area contributed by atoms with Gasteiger partial charge in [-0.2, -0.15) is 0 Å². The summed E-state index contributed by atoms with van der Waals surface area (Å²) in [6.45, 7) is 4.74. The number of benzene rings is 1. The van der Waals surface area contributed by atoms with Gasteiger partial charge in [-0.3, -0.25) is 0 Å². The quantitative estimate of drug-likeness (QED) is 0.920. The number of nitrogens with one attached hydrogen (secondary N) is 1. The van der Waals surface area contributed by atoms with E-state index in [1.165, 1.54) is 6.07 Å². The number of sulfone groups is 1. The zero-order valence-corrected chi connectivity index (χ0v) is 11.4. The molecule has 1 aromatic carbocycles. The summed E-state index contributed by atoms with van der Waals surface area (Å²) in [4.78, 5) is 0. The number of hydrogen-bond acceptors (Lipinski definition) is 3. The van der Waals surface area contributed by atoms with Gasteiger partial charge in [0, 0.05) is 6.54 Å². The molecule has 0 saturated carbocycles. The fourth-order valence-corrected chi connectivity index (χ4v) is 2.27. The van der Waals surface area contributed by atoms with E-state index in [-0.39, 0.29) is 18.0 Å². The van der Waals surface area contributed by atoms with Crippen molar-refractivity contribution in [2.45, 2.75) is 25.5 Å². The van der Waals surface area contributed by atoms with Gasteiger partial charge in [0.1, 0.15) is 17.3 Å². The summed E-state index contributed by atoms with van der Waals surface area (Å²) in [6, 6.07) is 3.48. The second-order valence-electron chi connectivity index (χ2n) is 4.95. The molecule has 0 radical (unpaired) electrons. The van der Waals surface area contributed by atoms with E-state index in [1.807, 2.05) is 0 Å². The maximum Gasteiger partial charge on any atom is 0.156 e. The van der Waals surface area contributed by atoms with Crippen LogP contribution in [0, 0.1) is 11.6 Å². The van der Waals surface area contributed by atoms with Crippen LogP contribution in [0.25, 0.3) is 0 Å². The van der Waals surface area contributed by atoms with Crippen molar-refractivity contribution in [1.29, 1.82) is 0 Å². The van der Waals surface area contributed by atoms with Crippen LogP contribution in [0.5, 0.6) is 0 Å². The average Bonchev–Trinajstić information content (AvgIpc) is 2.20. The first-order valence-corrected chi connectivity index (χ1v) is 7.20.